The highest BCUT2D eigenvalue weighted by Crippen LogP contribution is 2.18. The van der Waals surface area contributed by atoms with Crippen molar-refractivity contribution >= 4 is 11.8 Å². The summed E-state index contributed by atoms with van der Waals surface area (Å²) in [5.41, 5.74) is 0.560. The zero-order valence-electron chi connectivity index (χ0n) is 13.7. The molecule has 0 saturated carbocycles. The van der Waals surface area contributed by atoms with Crippen LogP contribution in [-0.4, -0.2) is 59.3 Å². The van der Waals surface area contributed by atoms with Crippen LogP contribution in [0.1, 0.15) is 31.2 Å². The number of aliphatic hydroxyl groups is 1. The van der Waals surface area contributed by atoms with E-state index in [2.05, 4.69) is 21.3 Å². The molecule has 2 aliphatic heterocycles. The van der Waals surface area contributed by atoms with Gasteiger partial charge in [0.15, 0.2) is 0 Å². The van der Waals surface area contributed by atoms with E-state index in [1.807, 2.05) is 6.07 Å². The lowest BCUT2D eigenvalue weighted by Crippen LogP contribution is -2.52. The van der Waals surface area contributed by atoms with E-state index in [4.69, 9.17) is 5.26 Å². The molecule has 128 valence electrons. The summed E-state index contributed by atoms with van der Waals surface area (Å²) in [5, 5.41) is 21.6. The van der Waals surface area contributed by atoms with E-state index in [9.17, 15) is 9.90 Å². The number of rotatable bonds is 2. The Bertz CT molecular complexity index is 604. The molecule has 7 heteroatoms. The predicted octanol–water partition coefficient (Wildman–Crippen LogP) is 1.09. The number of aromatic nitrogens is 1. The van der Waals surface area contributed by atoms with E-state index in [1.165, 1.54) is 0 Å². The van der Waals surface area contributed by atoms with E-state index in [0.717, 1.165) is 51.1 Å². The molecule has 1 aromatic rings. The van der Waals surface area contributed by atoms with Gasteiger partial charge < -0.3 is 20.2 Å². The Kier molecular flexibility index (Phi) is 5.16. The molecule has 3 rings (SSSR count). The zero-order chi connectivity index (χ0) is 16.9. The van der Waals surface area contributed by atoms with Crippen LogP contribution in [-0.2, 0) is 0 Å². The van der Waals surface area contributed by atoms with Gasteiger partial charge in [0.2, 0.25) is 0 Å². The van der Waals surface area contributed by atoms with E-state index < -0.39 is 6.10 Å². The number of nitriles is 1. The topological polar surface area (TPSA) is 92.5 Å². The number of nitrogens with one attached hydrogen (secondary N) is 1. The van der Waals surface area contributed by atoms with Crippen molar-refractivity contribution in [3.05, 3.63) is 23.9 Å². The van der Waals surface area contributed by atoms with Gasteiger partial charge in [-0.15, -0.1) is 0 Å². The Morgan fingerprint density at radius 2 is 2.08 bits per heavy atom. The van der Waals surface area contributed by atoms with Crippen molar-refractivity contribution in [3.63, 3.8) is 0 Å². The van der Waals surface area contributed by atoms with Crippen LogP contribution in [0, 0.1) is 11.3 Å². The number of nitrogens with zero attached hydrogens (tertiary/aromatic N) is 4. The maximum Gasteiger partial charge on any atom is 0.317 e. The van der Waals surface area contributed by atoms with Gasteiger partial charge in [-0.2, -0.15) is 5.26 Å². The van der Waals surface area contributed by atoms with Gasteiger partial charge in [-0.1, -0.05) is 0 Å². The van der Waals surface area contributed by atoms with Gasteiger partial charge in [0.1, 0.15) is 11.9 Å². The second kappa shape index (κ2) is 7.49. The number of anilines is 1. The number of piperidine rings is 2. The van der Waals surface area contributed by atoms with Crippen molar-refractivity contribution < 1.29 is 9.90 Å². The fourth-order valence-electron chi connectivity index (χ4n) is 3.30. The van der Waals surface area contributed by atoms with Gasteiger partial charge >= 0.3 is 6.03 Å². The van der Waals surface area contributed by atoms with E-state index in [0.29, 0.717) is 12.1 Å². The number of amides is 2. The van der Waals surface area contributed by atoms with Gasteiger partial charge in [-0.25, -0.2) is 9.78 Å². The normalized spacial score (nSPS) is 22.1. The smallest absolute Gasteiger partial charge is 0.317 e. The van der Waals surface area contributed by atoms with Crippen LogP contribution in [0.15, 0.2) is 18.3 Å². The highest BCUT2D eigenvalue weighted by atomic mass is 16.3. The molecule has 2 N–H and O–H groups in total. The summed E-state index contributed by atoms with van der Waals surface area (Å²) in [4.78, 5) is 20.5. The van der Waals surface area contributed by atoms with Crippen molar-refractivity contribution in [3.8, 4) is 6.07 Å². The Morgan fingerprint density at radius 3 is 2.71 bits per heavy atom. The second-order valence-electron chi connectivity index (χ2n) is 6.47. The van der Waals surface area contributed by atoms with Gasteiger partial charge in [-0.3, -0.25) is 0 Å². The monoisotopic (exact) mass is 329 g/mol. The molecule has 0 aromatic carbocycles. The lowest BCUT2D eigenvalue weighted by molar-refractivity contribution is 0.0829. The summed E-state index contributed by atoms with van der Waals surface area (Å²) in [7, 11) is 0. The quantitative estimate of drug-likeness (QED) is 0.847. The molecule has 1 aromatic heterocycles. The molecule has 0 aliphatic carbocycles. The Labute approximate surface area is 141 Å². The van der Waals surface area contributed by atoms with Crippen molar-refractivity contribution in [2.45, 2.75) is 37.8 Å². The number of carbonyl (C=O) groups excluding carboxylic acids is 1. The van der Waals surface area contributed by atoms with Gasteiger partial charge in [0.05, 0.1) is 11.7 Å². The minimum absolute atomic E-state index is 0.0660. The molecular formula is C17H23N5O2. The molecular weight excluding hydrogens is 306 g/mol. The van der Waals surface area contributed by atoms with Gasteiger partial charge in [0.25, 0.3) is 0 Å². The Morgan fingerprint density at radius 1 is 1.29 bits per heavy atom. The van der Waals surface area contributed by atoms with Crippen molar-refractivity contribution in [1.82, 2.24) is 15.2 Å². The number of β-amino-alcohol motifs (C(OH)–C–C–N with tert-alkyl or cyclic N) is 1. The highest BCUT2D eigenvalue weighted by molar-refractivity contribution is 5.74. The molecule has 2 aliphatic rings. The Hall–Kier alpha value is -2.33. The first kappa shape index (κ1) is 16.5. The number of hydrogen-bond acceptors (Lipinski definition) is 5. The third kappa shape index (κ3) is 3.95. The maximum atomic E-state index is 12.3. The molecule has 2 amide bonds. The molecule has 2 fully saturated rings. The second-order valence-corrected chi connectivity index (χ2v) is 6.47. The average molecular weight is 329 g/mol. The predicted molar refractivity (Wildman–Crippen MR) is 89.5 cm³/mol. The standard InChI is InChI=1S/C17H23N5O2/c18-10-13-3-4-16(19-11-13)21-8-5-14(6-9-21)20-17(24)22-7-1-2-15(23)12-22/h3-4,11,14-15,23H,1-2,5-9,12H2,(H,20,24)/t15-/m0/s1. The molecule has 24 heavy (non-hydrogen) atoms. The summed E-state index contributed by atoms with van der Waals surface area (Å²) >= 11 is 0. The Balaban J connectivity index is 1.48. The summed E-state index contributed by atoms with van der Waals surface area (Å²) in [5.74, 6) is 0.873. The molecule has 3 heterocycles. The number of pyridine rings is 1. The van der Waals surface area contributed by atoms with Crippen LogP contribution in [0.4, 0.5) is 10.6 Å². The van der Waals surface area contributed by atoms with Crippen LogP contribution in [0.2, 0.25) is 0 Å². The zero-order valence-corrected chi connectivity index (χ0v) is 13.7. The lowest BCUT2D eigenvalue weighted by Gasteiger charge is -2.35. The number of likely N-dealkylation sites (tertiary alicyclic amines) is 1. The van der Waals surface area contributed by atoms with E-state index in [-0.39, 0.29) is 12.1 Å². The minimum atomic E-state index is -0.395. The molecule has 0 unspecified atom stereocenters. The molecule has 0 radical (unpaired) electrons. The largest absolute Gasteiger partial charge is 0.391 e. The van der Waals surface area contributed by atoms with Crippen molar-refractivity contribution in [1.29, 1.82) is 5.26 Å². The summed E-state index contributed by atoms with van der Waals surface area (Å²) in [6, 6.07) is 5.80. The third-order valence-corrected chi connectivity index (χ3v) is 4.71. The summed E-state index contributed by atoms with van der Waals surface area (Å²) < 4.78 is 0. The number of hydrogen-bond donors (Lipinski definition) is 2. The van der Waals surface area contributed by atoms with Gasteiger partial charge in [-0.05, 0) is 37.8 Å². The number of aliphatic hydroxyl groups excluding tert-OH is 1. The van der Waals surface area contributed by atoms with E-state index in [1.54, 1.807) is 17.2 Å². The minimum Gasteiger partial charge on any atom is -0.391 e. The van der Waals surface area contributed by atoms with Crippen LogP contribution in [0.5, 0.6) is 0 Å². The van der Waals surface area contributed by atoms with Crippen LogP contribution >= 0.6 is 0 Å². The van der Waals surface area contributed by atoms with Crippen LogP contribution in [0.25, 0.3) is 0 Å². The van der Waals surface area contributed by atoms with Crippen molar-refractivity contribution in [2.24, 2.45) is 0 Å². The first-order chi connectivity index (χ1) is 11.7. The first-order valence-corrected chi connectivity index (χ1v) is 8.50. The number of carbonyl (C=O) groups is 1. The van der Waals surface area contributed by atoms with Crippen LogP contribution < -0.4 is 10.2 Å². The average Bonchev–Trinajstić information content (AvgIpc) is 2.62. The summed E-state index contributed by atoms with van der Waals surface area (Å²) in [6.07, 6.45) is 4.56. The third-order valence-electron chi connectivity index (χ3n) is 4.71. The molecule has 7 nitrogen and oxygen atoms in total. The summed E-state index contributed by atoms with van der Waals surface area (Å²) in [6.45, 7) is 2.80. The van der Waals surface area contributed by atoms with E-state index >= 15 is 0 Å². The first-order valence-electron chi connectivity index (χ1n) is 8.50. The highest BCUT2D eigenvalue weighted by Gasteiger charge is 2.26. The molecule has 0 bridgehead atoms. The fourth-order valence-corrected chi connectivity index (χ4v) is 3.30. The number of urea groups is 1. The van der Waals surface area contributed by atoms with Crippen LogP contribution in [0.3, 0.4) is 0 Å². The maximum absolute atomic E-state index is 12.3. The van der Waals surface area contributed by atoms with Crippen molar-refractivity contribution in [2.75, 3.05) is 31.1 Å². The molecule has 2 saturated heterocycles. The fraction of sp³-hybridized carbons (Fsp3) is 0.588. The SMILES string of the molecule is N#Cc1ccc(N2CCC(NC(=O)N3CCC[C@H](O)C3)CC2)nc1. The molecule has 1 atom stereocenters. The lowest BCUT2D eigenvalue weighted by atomic mass is 10.0. The molecule has 0 spiro atoms. The van der Waals surface area contributed by atoms with Gasteiger partial charge in [0, 0.05) is 38.4 Å².